The summed E-state index contributed by atoms with van der Waals surface area (Å²) in [5.41, 5.74) is 0. The second-order valence-corrected chi connectivity index (χ2v) is 8.47. The van der Waals surface area contributed by atoms with Crippen molar-refractivity contribution in [2.24, 2.45) is 0 Å². The molecule has 0 atom stereocenters. The minimum Gasteiger partial charge on any atom is -0.481 e. The van der Waals surface area contributed by atoms with E-state index in [1.54, 1.807) is 0 Å². The van der Waals surface area contributed by atoms with E-state index in [1.807, 2.05) is 4.90 Å². The van der Waals surface area contributed by atoms with Crippen molar-refractivity contribution in [2.45, 2.75) is 67.8 Å². The molecule has 1 heterocycles. The molecular formula is C15H22N4O3S2. The van der Waals surface area contributed by atoms with Gasteiger partial charge in [0.15, 0.2) is 4.34 Å². The minimum atomic E-state index is -0.894. The van der Waals surface area contributed by atoms with Crippen LogP contribution in [0.2, 0.25) is 0 Å². The van der Waals surface area contributed by atoms with E-state index in [0.717, 1.165) is 37.4 Å². The molecule has 0 aromatic carbocycles. The first kappa shape index (κ1) is 17.5. The first-order chi connectivity index (χ1) is 11.6. The van der Waals surface area contributed by atoms with Gasteiger partial charge in [0.25, 0.3) is 0 Å². The van der Waals surface area contributed by atoms with Crippen LogP contribution in [0.15, 0.2) is 4.34 Å². The summed E-state index contributed by atoms with van der Waals surface area (Å²) in [7, 11) is 0. The van der Waals surface area contributed by atoms with E-state index in [-0.39, 0.29) is 11.8 Å². The van der Waals surface area contributed by atoms with Gasteiger partial charge in [0, 0.05) is 12.1 Å². The third-order valence-corrected chi connectivity index (χ3v) is 6.57. The van der Waals surface area contributed by atoms with Crippen molar-refractivity contribution in [3.05, 3.63) is 0 Å². The van der Waals surface area contributed by atoms with E-state index in [4.69, 9.17) is 5.11 Å². The summed E-state index contributed by atoms with van der Waals surface area (Å²) in [6.07, 6.45) is 9.09. The fourth-order valence-corrected chi connectivity index (χ4v) is 5.05. The molecule has 0 aliphatic heterocycles. The molecule has 9 heteroatoms. The third kappa shape index (κ3) is 4.38. The van der Waals surface area contributed by atoms with E-state index < -0.39 is 5.97 Å². The van der Waals surface area contributed by atoms with Gasteiger partial charge in [0.2, 0.25) is 5.13 Å². The highest BCUT2D eigenvalue weighted by Gasteiger charge is 2.34. The van der Waals surface area contributed by atoms with Gasteiger partial charge in [-0.25, -0.2) is 4.79 Å². The molecule has 0 radical (unpaired) electrons. The Hall–Kier alpha value is -1.35. The van der Waals surface area contributed by atoms with Crippen LogP contribution in [0.25, 0.3) is 0 Å². The van der Waals surface area contributed by atoms with E-state index >= 15 is 0 Å². The average Bonchev–Trinajstić information content (AvgIpc) is 3.28. The van der Waals surface area contributed by atoms with E-state index in [2.05, 4.69) is 15.5 Å². The Kier molecular flexibility index (Phi) is 5.94. The maximum absolute atomic E-state index is 12.8. The quantitative estimate of drug-likeness (QED) is 0.588. The zero-order valence-electron chi connectivity index (χ0n) is 13.4. The number of nitrogens with zero attached hydrogens (tertiary/aromatic N) is 3. The van der Waals surface area contributed by atoms with Crippen molar-refractivity contribution in [3.63, 3.8) is 0 Å². The van der Waals surface area contributed by atoms with Gasteiger partial charge < -0.3 is 10.0 Å². The minimum absolute atomic E-state index is 0.0567. The summed E-state index contributed by atoms with van der Waals surface area (Å²) in [6.45, 7) is 0. The van der Waals surface area contributed by atoms with Crippen LogP contribution < -0.4 is 5.32 Å². The lowest BCUT2D eigenvalue weighted by atomic mass is 10.1. The van der Waals surface area contributed by atoms with Crippen LogP contribution in [-0.4, -0.2) is 50.0 Å². The molecule has 2 amide bonds. The second kappa shape index (κ2) is 8.15. The molecule has 1 aromatic rings. The van der Waals surface area contributed by atoms with Crippen LogP contribution in [-0.2, 0) is 4.79 Å². The molecule has 1 aromatic heterocycles. The number of hydrogen-bond donors (Lipinski definition) is 2. The molecule has 0 unspecified atom stereocenters. The lowest BCUT2D eigenvalue weighted by Crippen LogP contribution is -2.47. The first-order valence-electron chi connectivity index (χ1n) is 8.41. The second-order valence-electron chi connectivity index (χ2n) is 6.27. The highest BCUT2D eigenvalue weighted by Crippen LogP contribution is 2.32. The smallest absolute Gasteiger partial charge is 0.324 e. The van der Waals surface area contributed by atoms with Gasteiger partial charge in [-0.15, -0.1) is 10.2 Å². The molecule has 2 saturated carbocycles. The molecule has 0 saturated heterocycles. The molecular weight excluding hydrogens is 348 g/mol. The number of aliphatic carboxylic acids is 1. The molecule has 2 fully saturated rings. The number of carboxylic acids is 1. The summed E-state index contributed by atoms with van der Waals surface area (Å²) in [4.78, 5) is 25.5. The Morgan fingerprint density at radius 3 is 2.25 bits per heavy atom. The number of hydrogen-bond acceptors (Lipinski definition) is 6. The van der Waals surface area contributed by atoms with Crippen molar-refractivity contribution in [1.29, 1.82) is 0 Å². The van der Waals surface area contributed by atoms with Gasteiger partial charge >= 0.3 is 12.0 Å². The van der Waals surface area contributed by atoms with E-state index in [0.29, 0.717) is 21.6 Å². The molecule has 2 aliphatic rings. The number of aromatic nitrogens is 2. The maximum Gasteiger partial charge on any atom is 0.324 e. The van der Waals surface area contributed by atoms with E-state index in [9.17, 15) is 9.59 Å². The Bertz CT molecular complexity index is 567. The van der Waals surface area contributed by atoms with Crippen LogP contribution in [0.3, 0.4) is 0 Å². The molecule has 132 valence electrons. The number of nitrogens with one attached hydrogen (secondary N) is 1. The molecule has 3 rings (SSSR count). The monoisotopic (exact) mass is 370 g/mol. The predicted molar refractivity (Wildman–Crippen MR) is 93.6 cm³/mol. The SMILES string of the molecule is O=C(O)CSc1nnc(NC(=O)N(C2CCCC2)C2CCCC2)s1. The van der Waals surface area contributed by atoms with Crippen LogP contribution >= 0.6 is 23.1 Å². The molecule has 2 aliphatic carbocycles. The number of anilines is 1. The molecule has 24 heavy (non-hydrogen) atoms. The number of carbonyl (C=O) groups is 2. The Morgan fingerprint density at radius 2 is 1.71 bits per heavy atom. The van der Waals surface area contributed by atoms with Crippen LogP contribution in [0, 0.1) is 0 Å². The highest BCUT2D eigenvalue weighted by molar-refractivity contribution is 8.01. The lowest BCUT2D eigenvalue weighted by molar-refractivity contribution is -0.133. The predicted octanol–water partition coefficient (Wildman–Crippen LogP) is 3.43. The van der Waals surface area contributed by atoms with Gasteiger partial charge in [0.1, 0.15) is 0 Å². The summed E-state index contributed by atoms with van der Waals surface area (Å²) < 4.78 is 0.556. The zero-order valence-corrected chi connectivity index (χ0v) is 15.1. The molecule has 0 spiro atoms. The van der Waals surface area contributed by atoms with Crippen molar-refractivity contribution >= 4 is 40.2 Å². The van der Waals surface area contributed by atoms with E-state index in [1.165, 1.54) is 37.0 Å². The Balaban J connectivity index is 1.63. The molecule has 7 nitrogen and oxygen atoms in total. The largest absolute Gasteiger partial charge is 0.481 e. The lowest BCUT2D eigenvalue weighted by Gasteiger charge is -2.34. The normalized spacial score (nSPS) is 18.8. The van der Waals surface area contributed by atoms with Gasteiger partial charge in [0.05, 0.1) is 5.75 Å². The number of carboxylic acid groups (broad SMARTS) is 1. The van der Waals surface area contributed by atoms with Gasteiger partial charge in [-0.05, 0) is 25.7 Å². The summed E-state index contributed by atoms with van der Waals surface area (Å²) in [6, 6.07) is 0.587. The Labute approximate surface area is 149 Å². The first-order valence-corrected chi connectivity index (χ1v) is 10.2. The van der Waals surface area contributed by atoms with Gasteiger partial charge in [-0.1, -0.05) is 48.8 Å². The van der Waals surface area contributed by atoms with Crippen molar-refractivity contribution in [3.8, 4) is 0 Å². The maximum atomic E-state index is 12.8. The third-order valence-electron chi connectivity index (χ3n) is 4.61. The summed E-state index contributed by atoms with van der Waals surface area (Å²) in [5, 5.41) is 19.9. The standard InChI is InChI=1S/C15H22N4O3S2/c20-12(21)9-23-15-18-17-13(24-15)16-14(22)19(10-5-1-2-6-10)11-7-3-4-8-11/h10-11H,1-9H2,(H,20,21)(H,16,17,22). The fourth-order valence-electron chi connectivity index (χ4n) is 3.59. The number of rotatable bonds is 6. The van der Waals surface area contributed by atoms with Gasteiger partial charge in [-0.2, -0.15) is 0 Å². The number of amides is 2. The number of thioether (sulfide) groups is 1. The van der Waals surface area contributed by atoms with Crippen LogP contribution in [0.5, 0.6) is 0 Å². The Morgan fingerprint density at radius 1 is 1.12 bits per heavy atom. The average molecular weight is 371 g/mol. The summed E-state index contributed by atoms with van der Waals surface area (Å²) >= 11 is 2.34. The molecule has 0 bridgehead atoms. The zero-order chi connectivity index (χ0) is 16.9. The van der Waals surface area contributed by atoms with Crippen LogP contribution in [0.1, 0.15) is 51.4 Å². The molecule has 2 N–H and O–H groups in total. The fraction of sp³-hybridized carbons (Fsp3) is 0.733. The van der Waals surface area contributed by atoms with Crippen LogP contribution in [0.4, 0.5) is 9.93 Å². The van der Waals surface area contributed by atoms with Crippen molar-refractivity contribution in [2.75, 3.05) is 11.1 Å². The van der Waals surface area contributed by atoms with Gasteiger partial charge in [-0.3, -0.25) is 10.1 Å². The number of urea groups is 1. The number of carbonyl (C=O) groups excluding carboxylic acids is 1. The topological polar surface area (TPSA) is 95.4 Å². The summed E-state index contributed by atoms with van der Waals surface area (Å²) in [5.74, 6) is -0.951. The van der Waals surface area contributed by atoms with Crippen molar-refractivity contribution < 1.29 is 14.7 Å². The highest BCUT2D eigenvalue weighted by atomic mass is 32.2. The van der Waals surface area contributed by atoms with Crippen molar-refractivity contribution in [1.82, 2.24) is 15.1 Å².